The lowest BCUT2D eigenvalue weighted by molar-refractivity contribution is 0.263. The smallest absolute Gasteiger partial charge is 0.172 e. The molecule has 0 spiro atoms. The molecule has 0 amide bonds. The second-order valence-electron chi connectivity index (χ2n) is 8.52. The molecule has 0 bridgehead atoms. The van der Waals surface area contributed by atoms with Gasteiger partial charge in [0.2, 0.25) is 0 Å². The van der Waals surface area contributed by atoms with Gasteiger partial charge in [-0.3, -0.25) is 0 Å². The van der Waals surface area contributed by atoms with Crippen LogP contribution in [0.3, 0.4) is 0 Å². The van der Waals surface area contributed by atoms with Gasteiger partial charge in [0.1, 0.15) is 23.0 Å². The molecule has 3 rings (SSSR count). The Bertz CT molecular complexity index is 1150. The largest absolute Gasteiger partial charge is 0.507 e. The fourth-order valence-electron chi connectivity index (χ4n) is 3.75. The van der Waals surface area contributed by atoms with Gasteiger partial charge < -0.3 is 24.4 Å². The number of allylic oxidation sites excluding steroid dienone is 5. The van der Waals surface area contributed by atoms with Crippen molar-refractivity contribution in [3.8, 4) is 23.0 Å². The third-order valence-corrected chi connectivity index (χ3v) is 5.58. The first kappa shape index (κ1) is 24.2. The molecule has 2 aromatic rings. The zero-order chi connectivity index (χ0) is 24.3. The predicted octanol–water partition coefficient (Wildman–Crippen LogP) is 6.21. The van der Waals surface area contributed by atoms with Crippen LogP contribution in [-0.2, 0) is 24.0 Å². The van der Waals surface area contributed by atoms with E-state index in [1.54, 1.807) is 6.07 Å². The van der Waals surface area contributed by atoms with E-state index in [1.807, 2.05) is 39.8 Å². The van der Waals surface area contributed by atoms with E-state index in [2.05, 4.69) is 0 Å². The van der Waals surface area contributed by atoms with Gasteiger partial charge in [0, 0.05) is 28.7 Å². The molecule has 0 atom stereocenters. The molecule has 0 aromatic heterocycles. The first-order valence-electron chi connectivity index (χ1n) is 10.8. The van der Waals surface area contributed by atoms with E-state index in [0.717, 1.165) is 11.1 Å². The number of hydrogen-bond acceptors (Lipinski definition) is 5. The maximum absolute atomic E-state index is 14.4. The van der Waals surface area contributed by atoms with Crippen LogP contribution in [0.4, 0.5) is 4.39 Å². The summed E-state index contributed by atoms with van der Waals surface area (Å²) in [6, 6.07) is 4.52. The van der Waals surface area contributed by atoms with Crippen LogP contribution in [0.2, 0.25) is 0 Å². The molecule has 0 radical (unpaired) electrons. The number of ether oxygens (including phenoxy) is 3. The topological polar surface area (TPSA) is 68.2 Å². The van der Waals surface area contributed by atoms with Gasteiger partial charge in [0.15, 0.2) is 17.3 Å². The zero-order valence-corrected chi connectivity index (χ0v) is 20.0. The number of halogens is 1. The number of rotatable bonds is 7. The molecule has 0 aliphatic carbocycles. The lowest BCUT2D eigenvalue weighted by atomic mass is 9.91. The lowest BCUT2D eigenvalue weighted by Gasteiger charge is -2.27. The maximum atomic E-state index is 14.4. The molecule has 176 valence electrons. The molecule has 0 fully saturated rings. The van der Waals surface area contributed by atoms with Crippen LogP contribution in [0.1, 0.15) is 49.9 Å². The van der Waals surface area contributed by atoms with Gasteiger partial charge in [-0.05, 0) is 58.7 Å². The Labute approximate surface area is 194 Å². The van der Waals surface area contributed by atoms with E-state index >= 15 is 0 Å². The second kappa shape index (κ2) is 10.0. The first-order chi connectivity index (χ1) is 15.7. The zero-order valence-electron chi connectivity index (χ0n) is 20.0. The number of hydrogen-bond donors (Lipinski definition) is 2. The predicted molar refractivity (Wildman–Crippen MR) is 127 cm³/mol. The van der Waals surface area contributed by atoms with Crippen LogP contribution in [0.15, 0.2) is 47.3 Å². The second-order valence-corrected chi connectivity index (χ2v) is 8.52. The van der Waals surface area contributed by atoms with Crippen molar-refractivity contribution in [3.63, 3.8) is 0 Å². The number of benzene rings is 2. The van der Waals surface area contributed by atoms with Crippen molar-refractivity contribution in [2.75, 3.05) is 14.2 Å². The summed E-state index contributed by atoms with van der Waals surface area (Å²) in [7, 11) is 2.91. The molecule has 0 saturated heterocycles. The van der Waals surface area contributed by atoms with Crippen molar-refractivity contribution < 1.29 is 28.8 Å². The van der Waals surface area contributed by atoms with Gasteiger partial charge in [0.25, 0.3) is 0 Å². The maximum Gasteiger partial charge on any atom is 0.172 e. The molecule has 1 heterocycles. The highest BCUT2D eigenvalue weighted by Crippen LogP contribution is 2.48. The molecule has 0 unspecified atom stereocenters. The van der Waals surface area contributed by atoms with Gasteiger partial charge in [-0.15, -0.1) is 0 Å². The van der Waals surface area contributed by atoms with Crippen molar-refractivity contribution in [1.29, 1.82) is 0 Å². The van der Waals surface area contributed by atoms with Crippen molar-refractivity contribution in [2.24, 2.45) is 0 Å². The van der Waals surface area contributed by atoms with E-state index < -0.39 is 5.82 Å². The summed E-state index contributed by atoms with van der Waals surface area (Å²) in [6.45, 7) is 7.88. The molecule has 2 aromatic carbocycles. The minimum Gasteiger partial charge on any atom is -0.507 e. The summed E-state index contributed by atoms with van der Waals surface area (Å²) in [4.78, 5) is 0. The number of phenols is 2. The molecule has 33 heavy (non-hydrogen) atoms. The van der Waals surface area contributed by atoms with Crippen LogP contribution < -0.4 is 9.47 Å². The van der Waals surface area contributed by atoms with Crippen molar-refractivity contribution in [2.45, 2.75) is 47.0 Å². The molecule has 5 nitrogen and oxygen atoms in total. The monoisotopic (exact) mass is 454 g/mol. The Morgan fingerprint density at radius 1 is 0.970 bits per heavy atom. The molecule has 1 aliphatic rings. The summed E-state index contributed by atoms with van der Waals surface area (Å²) >= 11 is 0. The number of aromatic hydroxyl groups is 2. The van der Waals surface area contributed by atoms with Gasteiger partial charge in [-0.2, -0.15) is 0 Å². The number of phenolic OH excluding ortho intramolecular Hbond substituents is 2. The SMILES string of the molecule is COC1=C(c2ccc(OC)c(F)c2)Oc2c(CC=C(C)C)c(O)c(CC=C(C)C)c(O)c2C1. The summed E-state index contributed by atoms with van der Waals surface area (Å²) in [5.41, 5.74) is 4.19. The number of methoxy groups -OCH3 is 2. The standard InChI is InChI=1S/C27H31FO5/c1-15(2)7-10-18-24(29)19(11-8-16(3)4)27-20(25(18)30)14-23(32-6)26(33-27)17-9-12-22(31-5)21(28)13-17/h7-9,12-13,29-30H,10-11,14H2,1-6H3. The van der Waals surface area contributed by atoms with Crippen LogP contribution in [0.5, 0.6) is 23.0 Å². The van der Waals surface area contributed by atoms with E-state index in [1.165, 1.54) is 26.4 Å². The van der Waals surface area contributed by atoms with Crippen LogP contribution >= 0.6 is 0 Å². The molecule has 2 N–H and O–H groups in total. The van der Waals surface area contributed by atoms with Gasteiger partial charge in [0.05, 0.1) is 14.2 Å². The third-order valence-electron chi connectivity index (χ3n) is 5.58. The summed E-state index contributed by atoms with van der Waals surface area (Å²) < 4.78 is 31.2. The highest BCUT2D eigenvalue weighted by Gasteiger charge is 2.31. The van der Waals surface area contributed by atoms with Gasteiger partial charge in [-0.25, -0.2) is 4.39 Å². The minimum atomic E-state index is -0.528. The van der Waals surface area contributed by atoms with E-state index in [0.29, 0.717) is 52.4 Å². The Kier molecular flexibility index (Phi) is 7.36. The van der Waals surface area contributed by atoms with Crippen molar-refractivity contribution in [1.82, 2.24) is 0 Å². The average molecular weight is 455 g/mol. The molecule has 1 aliphatic heterocycles. The quantitative estimate of drug-likeness (QED) is 0.487. The summed E-state index contributed by atoms with van der Waals surface area (Å²) in [5, 5.41) is 22.2. The lowest BCUT2D eigenvalue weighted by Crippen LogP contribution is -2.14. The van der Waals surface area contributed by atoms with Crippen LogP contribution in [0, 0.1) is 5.82 Å². The van der Waals surface area contributed by atoms with E-state index in [4.69, 9.17) is 14.2 Å². The van der Waals surface area contributed by atoms with E-state index in [-0.39, 0.29) is 23.7 Å². The fourth-order valence-corrected chi connectivity index (χ4v) is 3.75. The van der Waals surface area contributed by atoms with Crippen LogP contribution in [0.25, 0.3) is 5.76 Å². The molecule has 0 saturated carbocycles. The normalized spacial score (nSPS) is 12.6. The first-order valence-corrected chi connectivity index (χ1v) is 10.8. The third kappa shape index (κ3) is 5.00. The highest BCUT2D eigenvalue weighted by atomic mass is 19.1. The number of fused-ring (bicyclic) bond motifs is 1. The fraction of sp³-hybridized carbons (Fsp3) is 0.333. The Morgan fingerprint density at radius 3 is 2.15 bits per heavy atom. The Morgan fingerprint density at radius 2 is 1.61 bits per heavy atom. The van der Waals surface area contributed by atoms with Gasteiger partial charge in [-0.1, -0.05) is 23.3 Å². The Hall–Kier alpha value is -3.41. The highest BCUT2D eigenvalue weighted by molar-refractivity contribution is 5.73. The Balaban J connectivity index is 2.20. The molecular formula is C27H31FO5. The van der Waals surface area contributed by atoms with Gasteiger partial charge >= 0.3 is 0 Å². The molecule has 6 heteroatoms. The van der Waals surface area contributed by atoms with Crippen LogP contribution in [-0.4, -0.2) is 24.4 Å². The summed E-state index contributed by atoms with van der Waals surface area (Å²) in [6.07, 6.45) is 4.99. The van der Waals surface area contributed by atoms with Crippen molar-refractivity contribution in [3.05, 3.63) is 75.3 Å². The summed E-state index contributed by atoms with van der Waals surface area (Å²) in [5.74, 6) is 0.737. The molecular weight excluding hydrogens is 423 g/mol. The van der Waals surface area contributed by atoms with E-state index in [9.17, 15) is 14.6 Å². The average Bonchev–Trinajstić information content (AvgIpc) is 2.77. The van der Waals surface area contributed by atoms with Crippen molar-refractivity contribution >= 4 is 5.76 Å². The minimum absolute atomic E-state index is 0.00220.